The van der Waals surface area contributed by atoms with Gasteiger partial charge in [0.15, 0.2) is 14.8 Å². The maximum absolute atomic E-state index is 13.5. The van der Waals surface area contributed by atoms with Gasteiger partial charge in [0, 0.05) is 0 Å². The highest BCUT2D eigenvalue weighted by atomic mass is 32.2. The van der Waals surface area contributed by atoms with Crippen molar-refractivity contribution >= 4 is 45.7 Å². The Labute approximate surface area is 181 Å². The number of aromatic nitrogens is 3. The van der Waals surface area contributed by atoms with E-state index in [0.29, 0.717) is 31.8 Å². The Hall–Kier alpha value is -2.42. The number of hydrogen-bond donors (Lipinski definition) is 0. The second-order valence-electron chi connectivity index (χ2n) is 6.28. The molecule has 2 aromatic carbocycles. The lowest BCUT2D eigenvalue weighted by atomic mass is 10.2. The fourth-order valence-corrected chi connectivity index (χ4v) is 5.07. The van der Waals surface area contributed by atoms with Gasteiger partial charge in [-0.3, -0.25) is 13.9 Å². The zero-order valence-corrected chi connectivity index (χ0v) is 18.7. The molecule has 0 aliphatic heterocycles. The molecule has 0 amide bonds. The van der Waals surface area contributed by atoms with Gasteiger partial charge in [0.1, 0.15) is 10.4 Å². The number of ether oxygens (including phenoxy) is 1. The highest BCUT2D eigenvalue weighted by Gasteiger charge is 2.20. The molecule has 0 radical (unpaired) electrons. The van der Waals surface area contributed by atoms with Gasteiger partial charge in [-0.1, -0.05) is 53.4 Å². The fraction of sp³-hybridized carbons (Fsp3) is 0.190. The van der Waals surface area contributed by atoms with Crippen LogP contribution in [0.4, 0.5) is 0 Å². The molecular formula is C21H19N3O2S3. The van der Waals surface area contributed by atoms with Crippen LogP contribution < -0.4 is 10.3 Å². The third kappa shape index (κ3) is 3.41. The van der Waals surface area contributed by atoms with Crippen molar-refractivity contribution in [1.82, 2.24) is 14.1 Å². The minimum atomic E-state index is -0.114. The zero-order valence-electron chi connectivity index (χ0n) is 16.2. The standard InChI is InChI=1S/C21H19N3O2S3/c1-4-26-16-12-8-7-11-15(16)23-18-17(29-21(23)27)19(25)24(20(22-18)28-3)14-10-6-5-9-13(14)2/h5-12H,4H2,1-3H3. The van der Waals surface area contributed by atoms with Crippen molar-refractivity contribution in [2.45, 2.75) is 19.0 Å². The lowest BCUT2D eigenvalue weighted by Crippen LogP contribution is -2.22. The van der Waals surface area contributed by atoms with Crippen LogP contribution in [0.15, 0.2) is 58.5 Å². The summed E-state index contributed by atoms with van der Waals surface area (Å²) in [5.41, 5.74) is 3.08. The summed E-state index contributed by atoms with van der Waals surface area (Å²) in [6, 6.07) is 15.5. The van der Waals surface area contributed by atoms with Crippen molar-refractivity contribution in [3.8, 4) is 17.1 Å². The van der Waals surface area contributed by atoms with E-state index >= 15 is 0 Å². The molecular weight excluding hydrogens is 422 g/mol. The lowest BCUT2D eigenvalue weighted by Gasteiger charge is -2.14. The Morgan fingerprint density at radius 1 is 1.10 bits per heavy atom. The highest BCUT2D eigenvalue weighted by Crippen LogP contribution is 2.31. The maximum atomic E-state index is 13.5. The molecule has 0 aliphatic carbocycles. The monoisotopic (exact) mass is 441 g/mol. The molecule has 0 N–H and O–H groups in total. The van der Waals surface area contributed by atoms with E-state index in [1.807, 2.05) is 73.2 Å². The lowest BCUT2D eigenvalue weighted by molar-refractivity contribution is 0.339. The molecule has 0 unspecified atom stereocenters. The second kappa shape index (κ2) is 8.14. The first-order chi connectivity index (χ1) is 14.1. The molecule has 148 valence electrons. The van der Waals surface area contributed by atoms with E-state index in [1.54, 1.807) is 4.57 Å². The summed E-state index contributed by atoms with van der Waals surface area (Å²) in [6.07, 6.45) is 1.92. The normalized spacial score (nSPS) is 11.1. The molecule has 5 nitrogen and oxygen atoms in total. The first-order valence-corrected chi connectivity index (χ1v) is 11.5. The van der Waals surface area contributed by atoms with Crippen LogP contribution >= 0.6 is 35.3 Å². The molecule has 2 aromatic heterocycles. The Kier molecular flexibility index (Phi) is 5.58. The number of fused-ring (bicyclic) bond motifs is 1. The first-order valence-electron chi connectivity index (χ1n) is 9.07. The average molecular weight is 442 g/mol. The second-order valence-corrected chi connectivity index (χ2v) is 8.70. The molecule has 0 spiro atoms. The van der Waals surface area contributed by atoms with Crippen molar-refractivity contribution < 1.29 is 4.74 Å². The number of para-hydroxylation sites is 3. The van der Waals surface area contributed by atoms with Gasteiger partial charge in [-0.25, -0.2) is 4.98 Å². The summed E-state index contributed by atoms with van der Waals surface area (Å²) in [7, 11) is 0. The summed E-state index contributed by atoms with van der Waals surface area (Å²) in [5.74, 6) is 0.710. The Morgan fingerprint density at radius 3 is 2.48 bits per heavy atom. The van der Waals surface area contributed by atoms with E-state index < -0.39 is 0 Å². The van der Waals surface area contributed by atoms with Crippen LogP contribution in [0.25, 0.3) is 21.7 Å². The topological polar surface area (TPSA) is 49.0 Å². The highest BCUT2D eigenvalue weighted by molar-refractivity contribution is 7.98. The Balaban J connectivity index is 2.07. The molecule has 4 aromatic rings. The summed E-state index contributed by atoms with van der Waals surface area (Å²) in [4.78, 5) is 18.3. The predicted molar refractivity (Wildman–Crippen MR) is 123 cm³/mol. The van der Waals surface area contributed by atoms with Crippen molar-refractivity contribution in [3.05, 3.63) is 68.4 Å². The van der Waals surface area contributed by atoms with E-state index in [0.717, 1.165) is 16.9 Å². The summed E-state index contributed by atoms with van der Waals surface area (Å²) in [6.45, 7) is 4.46. The van der Waals surface area contributed by atoms with Gasteiger partial charge in [0.2, 0.25) is 0 Å². The van der Waals surface area contributed by atoms with E-state index in [2.05, 4.69) is 0 Å². The van der Waals surface area contributed by atoms with Gasteiger partial charge in [-0.15, -0.1) is 0 Å². The average Bonchev–Trinajstić information content (AvgIpc) is 3.05. The van der Waals surface area contributed by atoms with Crippen molar-refractivity contribution in [2.24, 2.45) is 0 Å². The molecule has 0 fully saturated rings. The summed E-state index contributed by atoms with van der Waals surface area (Å²) < 4.78 is 10.4. The molecule has 2 heterocycles. The largest absolute Gasteiger partial charge is 0.492 e. The van der Waals surface area contributed by atoms with Crippen LogP contribution in [0, 0.1) is 10.9 Å². The van der Waals surface area contributed by atoms with Crippen molar-refractivity contribution in [1.29, 1.82) is 0 Å². The zero-order chi connectivity index (χ0) is 20.5. The first kappa shape index (κ1) is 19.9. The molecule has 0 atom stereocenters. The maximum Gasteiger partial charge on any atom is 0.278 e. The molecule has 0 saturated heterocycles. The van der Waals surface area contributed by atoms with Gasteiger partial charge >= 0.3 is 0 Å². The van der Waals surface area contributed by atoms with Crippen molar-refractivity contribution in [3.63, 3.8) is 0 Å². The van der Waals surface area contributed by atoms with E-state index in [9.17, 15) is 4.79 Å². The number of rotatable bonds is 5. The smallest absolute Gasteiger partial charge is 0.278 e. The van der Waals surface area contributed by atoms with Crippen LogP contribution in [0.3, 0.4) is 0 Å². The van der Waals surface area contributed by atoms with Crippen LogP contribution in [0.5, 0.6) is 5.75 Å². The Bertz CT molecular complexity index is 1320. The molecule has 4 rings (SSSR count). The number of hydrogen-bond acceptors (Lipinski definition) is 6. The molecule has 8 heteroatoms. The number of aryl methyl sites for hydroxylation is 1. The van der Waals surface area contributed by atoms with Crippen LogP contribution in [-0.4, -0.2) is 27.0 Å². The quantitative estimate of drug-likeness (QED) is 0.236. The predicted octanol–water partition coefficient (Wildman–Crippen LogP) is 5.40. The van der Waals surface area contributed by atoms with Crippen LogP contribution in [0.2, 0.25) is 0 Å². The Morgan fingerprint density at radius 2 is 1.79 bits per heavy atom. The third-order valence-electron chi connectivity index (χ3n) is 4.52. The SMILES string of the molecule is CCOc1ccccc1-n1c(=S)sc2c(=O)n(-c3ccccc3C)c(SC)nc21. The van der Waals surface area contributed by atoms with Gasteiger partial charge in [0.25, 0.3) is 5.56 Å². The molecule has 29 heavy (non-hydrogen) atoms. The number of thiazole rings is 1. The number of thioether (sulfide) groups is 1. The number of benzene rings is 2. The van der Waals surface area contributed by atoms with E-state index in [-0.39, 0.29) is 5.56 Å². The summed E-state index contributed by atoms with van der Waals surface area (Å²) in [5, 5.41) is 0.618. The van der Waals surface area contributed by atoms with Gasteiger partial charge in [-0.2, -0.15) is 0 Å². The van der Waals surface area contributed by atoms with Crippen LogP contribution in [0.1, 0.15) is 12.5 Å². The molecule has 0 bridgehead atoms. The van der Waals surface area contributed by atoms with Crippen LogP contribution in [-0.2, 0) is 0 Å². The van der Waals surface area contributed by atoms with E-state index in [1.165, 1.54) is 23.1 Å². The minimum absolute atomic E-state index is 0.114. The van der Waals surface area contributed by atoms with Gasteiger partial charge < -0.3 is 4.74 Å². The van der Waals surface area contributed by atoms with Gasteiger partial charge in [-0.05, 0) is 56.1 Å². The molecule has 0 saturated carbocycles. The summed E-state index contributed by atoms with van der Waals surface area (Å²) >= 11 is 8.35. The fourth-order valence-electron chi connectivity index (χ4n) is 3.23. The van der Waals surface area contributed by atoms with Crippen molar-refractivity contribution in [2.75, 3.05) is 12.9 Å². The van der Waals surface area contributed by atoms with E-state index in [4.69, 9.17) is 21.9 Å². The molecule has 0 aliphatic rings. The van der Waals surface area contributed by atoms with Gasteiger partial charge in [0.05, 0.1) is 18.0 Å². The minimum Gasteiger partial charge on any atom is -0.492 e. The third-order valence-corrected chi connectivity index (χ3v) is 6.51. The number of nitrogens with zero attached hydrogens (tertiary/aromatic N) is 3.